The summed E-state index contributed by atoms with van der Waals surface area (Å²) >= 11 is 0. The first-order valence-electron chi connectivity index (χ1n) is 18.8. The van der Waals surface area contributed by atoms with Crippen LogP contribution in [0.3, 0.4) is 0 Å². The Labute approximate surface area is 314 Å². The number of aliphatic hydroxyl groups is 2. The third-order valence-electron chi connectivity index (χ3n) is 11.8. The summed E-state index contributed by atoms with van der Waals surface area (Å²) in [4.78, 5) is 30.5. The fourth-order valence-electron chi connectivity index (χ4n) is 8.57. The molecule has 3 aliphatic carbocycles. The number of benzene rings is 4. The largest absolute Gasteiger partial charge is 0.493 e. The van der Waals surface area contributed by atoms with Crippen molar-refractivity contribution in [3.8, 4) is 11.5 Å². The zero-order valence-electron chi connectivity index (χ0n) is 31.5. The summed E-state index contributed by atoms with van der Waals surface area (Å²) < 4.78 is 11.0. The third kappa shape index (κ3) is 8.42. The monoisotopic (exact) mass is 715 g/mol. The second kappa shape index (κ2) is 16.5. The van der Waals surface area contributed by atoms with Gasteiger partial charge in [0.25, 0.3) is 0 Å². The smallest absolute Gasteiger partial charge is 0.227 e. The van der Waals surface area contributed by atoms with Gasteiger partial charge in [0.05, 0.1) is 38.9 Å². The highest BCUT2D eigenvalue weighted by molar-refractivity contribution is 6.10. The van der Waals surface area contributed by atoms with Crippen molar-refractivity contribution in [3.63, 3.8) is 0 Å². The molecule has 7 nitrogen and oxygen atoms in total. The van der Waals surface area contributed by atoms with Crippen molar-refractivity contribution in [2.75, 3.05) is 20.8 Å². The van der Waals surface area contributed by atoms with E-state index in [0.717, 1.165) is 35.1 Å². The van der Waals surface area contributed by atoms with Gasteiger partial charge in [0.2, 0.25) is 5.91 Å². The van der Waals surface area contributed by atoms with E-state index in [1.165, 1.54) is 5.57 Å². The molecule has 7 rings (SSSR count). The lowest BCUT2D eigenvalue weighted by Gasteiger charge is -2.46. The average Bonchev–Trinajstić information content (AvgIpc) is 3.42. The standard InChI is InChI=1S/C46H53NO6/c1-32-12-11-24-45(2)40(38-21-18-34(26-37(48)20-17-32)27-39(38)44(50)36-15-9-6-10-16-36)23-25-46(45,51)31-47(30-33-13-7-5-8-14-33)43(49)29-35-19-22-41(52-3)42(28-35)53-4/h5-10,12-16,18-19,21-22,27-28,37,40,48,51H,11,17,20,23-26,29-31H2,1-4H3/t37-,40-,45-,46+/m0/s1. The Morgan fingerprint density at radius 2 is 1.57 bits per heavy atom. The molecule has 4 atom stereocenters. The van der Waals surface area contributed by atoms with Gasteiger partial charge in [-0.1, -0.05) is 97.4 Å². The van der Waals surface area contributed by atoms with Crippen LogP contribution in [0.4, 0.5) is 0 Å². The molecule has 0 aromatic heterocycles. The van der Waals surface area contributed by atoms with E-state index in [4.69, 9.17) is 9.47 Å². The van der Waals surface area contributed by atoms with E-state index in [2.05, 4.69) is 26.0 Å². The van der Waals surface area contributed by atoms with Crippen LogP contribution >= 0.6 is 0 Å². The molecule has 4 aromatic carbocycles. The number of aliphatic hydroxyl groups excluding tert-OH is 1. The number of hydrogen-bond donors (Lipinski definition) is 2. The van der Waals surface area contributed by atoms with Gasteiger partial charge in [0.15, 0.2) is 17.3 Å². The van der Waals surface area contributed by atoms with Crippen molar-refractivity contribution in [1.29, 1.82) is 0 Å². The van der Waals surface area contributed by atoms with Crippen molar-refractivity contribution in [1.82, 2.24) is 4.90 Å². The number of fused-ring (bicyclic) bond motifs is 8. The van der Waals surface area contributed by atoms with Crippen LogP contribution in [-0.2, 0) is 24.2 Å². The fourth-order valence-corrected chi connectivity index (χ4v) is 8.57. The van der Waals surface area contributed by atoms with Crippen molar-refractivity contribution < 1.29 is 29.3 Å². The van der Waals surface area contributed by atoms with Gasteiger partial charge >= 0.3 is 0 Å². The zero-order chi connectivity index (χ0) is 37.6. The number of amides is 1. The molecule has 2 N–H and O–H groups in total. The topological polar surface area (TPSA) is 96.3 Å². The Bertz CT molecular complexity index is 1920. The van der Waals surface area contributed by atoms with Crippen LogP contribution in [0.2, 0.25) is 0 Å². The van der Waals surface area contributed by atoms with Crippen molar-refractivity contribution in [2.45, 2.75) is 89.4 Å². The molecule has 0 spiro atoms. The number of hydrogen-bond acceptors (Lipinski definition) is 6. The molecule has 1 saturated carbocycles. The van der Waals surface area contributed by atoms with Gasteiger partial charge in [-0.25, -0.2) is 0 Å². The molecule has 278 valence electrons. The molecule has 2 bridgehead atoms. The molecule has 0 aliphatic heterocycles. The van der Waals surface area contributed by atoms with Crippen LogP contribution < -0.4 is 9.47 Å². The van der Waals surface area contributed by atoms with Gasteiger partial charge in [-0.3, -0.25) is 9.59 Å². The predicted molar refractivity (Wildman–Crippen MR) is 208 cm³/mol. The maximum atomic E-state index is 14.4. The highest BCUT2D eigenvalue weighted by atomic mass is 16.5. The molecule has 1 fully saturated rings. The minimum Gasteiger partial charge on any atom is -0.493 e. The molecule has 4 aromatic rings. The number of allylic oxidation sites excluding steroid dienone is 2. The number of ether oxygens (including phenoxy) is 2. The predicted octanol–water partition coefficient (Wildman–Crippen LogP) is 8.24. The van der Waals surface area contributed by atoms with Crippen LogP contribution in [0.1, 0.15) is 96.5 Å². The summed E-state index contributed by atoms with van der Waals surface area (Å²) in [7, 11) is 3.17. The summed E-state index contributed by atoms with van der Waals surface area (Å²) in [5.74, 6) is 0.845. The molecule has 53 heavy (non-hydrogen) atoms. The minimum absolute atomic E-state index is 0.0617. The van der Waals surface area contributed by atoms with Gasteiger partial charge in [0, 0.05) is 23.1 Å². The first kappa shape index (κ1) is 38.0. The Balaban J connectivity index is 1.40. The summed E-state index contributed by atoms with van der Waals surface area (Å²) in [5.41, 5.74) is 4.12. The van der Waals surface area contributed by atoms with E-state index in [-0.39, 0.29) is 30.6 Å². The molecule has 0 heterocycles. The summed E-state index contributed by atoms with van der Waals surface area (Å²) in [6.45, 7) is 4.77. The van der Waals surface area contributed by atoms with Crippen molar-refractivity contribution in [2.24, 2.45) is 5.41 Å². The quantitative estimate of drug-likeness (QED) is 0.127. The highest BCUT2D eigenvalue weighted by Crippen LogP contribution is 2.59. The summed E-state index contributed by atoms with van der Waals surface area (Å²) in [5, 5.41) is 24.1. The number of carbonyl (C=O) groups is 2. The van der Waals surface area contributed by atoms with E-state index in [9.17, 15) is 19.8 Å². The second-order valence-electron chi connectivity index (χ2n) is 15.2. The Morgan fingerprint density at radius 1 is 0.849 bits per heavy atom. The minimum atomic E-state index is -1.25. The maximum Gasteiger partial charge on any atom is 0.227 e. The number of rotatable bonds is 10. The van der Waals surface area contributed by atoms with Crippen LogP contribution in [0, 0.1) is 5.41 Å². The summed E-state index contributed by atoms with van der Waals surface area (Å²) in [6, 6.07) is 30.8. The van der Waals surface area contributed by atoms with Crippen LogP contribution in [0.15, 0.2) is 109 Å². The van der Waals surface area contributed by atoms with Crippen LogP contribution in [0.25, 0.3) is 0 Å². The van der Waals surface area contributed by atoms with Crippen LogP contribution in [-0.4, -0.2) is 59.3 Å². The average molecular weight is 716 g/mol. The van der Waals surface area contributed by atoms with E-state index < -0.39 is 17.1 Å². The molecule has 3 aliphatic rings. The molecular weight excluding hydrogens is 663 g/mol. The maximum absolute atomic E-state index is 14.4. The molecule has 0 saturated heterocycles. The second-order valence-corrected chi connectivity index (χ2v) is 15.2. The Morgan fingerprint density at radius 3 is 2.28 bits per heavy atom. The first-order valence-corrected chi connectivity index (χ1v) is 18.8. The van der Waals surface area contributed by atoms with Crippen molar-refractivity contribution >= 4 is 11.7 Å². The Hall–Kier alpha value is -4.72. The van der Waals surface area contributed by atoms with Crippen LogP contribution in [0.5, 0.6) is 11.5 Å². The third-order valence-corrected chi connectivity index (χ3v) is 11.8. The number of methoxy groups -OCH3 is 2. The molecule has 0 radical (unpaired) electrons. The summed E-state index contributed by atoms with van der Waals surface area (Å²) in [6.07, 6.45) is 6.26. The zero-order valence-corrected chi connectivity index (χ0v) is 31.5. The van der Waals surface area contributed by atoms with Gasteiger partial charge < -0.3 is 24.6 Å². The number of nitrogens with zero attached hydrogens (tertiary/aromatic N) is 1. The Kier molecular flexibility index (Phi) is 11.9. The fraction of sp³-hybridized carbons (Fsp3) is 0.391. The number of carbonyl (C=O) groups excluding carboxylic acids is 2. The van der Waals surface area contributed by atoms with E-state index in [1.807, 2.05) is 95.9 Å². The number of ketones is 1. The van der Waals surface area contributed by atoms with Gasteiger partial charge in [-0.2, -0.15) is 0 Å². The lowest BCUT2D eigenvalue weighted by Crippen LogP contribution is -2.53. The molecule has 0 unspecified atom stereocenters. The SMILES string of the molecule is COc1ccc(CC(=O)N(Cc2ccccc2)C[C@]2(O)CC[C@H]3c4ccc(cc4C(=O)c4ccccc4)C[C@@H](O)CCC(C)=CCC[C@@]32C)cc1OC. The lowest BCUT2D eigenvalue weighted by atomic mass is 9.64. The normalized spacial score (nSPS) is 23.0. The lowest BCUT2D eigenvalue weighted by molar-refractivity contribution is -0.140. The molecular formula is C46H53NO6. The molecule has 7 heteroatoms. The first-order chi connectivity index (χ1) is 25.5. The molecule has 1 amide bonds. The van der Waals surface area contributed by atoms with Crippen molar-refractivity contribution in [3.05, 3.63) is 142 Å². The van der Waals surface area contributed by atoms with E-state index in [0.29, 0.717) is 61.3 Å². The van der Waals surface area contributed by atoms with E-state index in [1.54, 1.807) is 14.2 Å². The van der Waals surface area contributed by atoms with Gasteiger partial charge in [-0.15, -0.1) is 0 Å². The van der Waals surface area contributed by atoms with Gasteiger partial charge in [-0.05, 0) is 98.2 Å². The highest BCUT2D eigenvalue weighted by Gasteiger charge is 2.57. The van der Waals surface area contributed by atoms with E-state index >= 15 is 0 Å². The van der Waals surface area contributed by atoms with Gasteiger partial charge in [0.1, 0.15) is 0 Å².